The zero-order chi connectivity index (χ0) is 20.6. The third-order valence-corrected chi connectivity index (χ3v) is 5.99. The molecule has 2 aromatic heterocycles. The molecule has 2 atom stereocenters. The van der Waals surface area contributed by atoms with E-state index in [2.05, 4.69) is 42.5 Å². The van der Waals surface area contributed by atoms with Crippen LogP contribution in [0.5, 0.6) is 5.75 Å². The molecule has 9 heteroatoms. The quantitative estimate of drug-likeness (QED) is 0.570. The molecular formula is C21H25N7O2. The van der Waals surface area contributed by atoms with Crippen LogP contribution in [-0.2, 0) is 4.74 Å². The van der Waals surface area contributed by atoms with Gasteiger partial charge in [-0.25, -0.2) is 4.98 Å². The Morgan fingerprint density at radius 1 is 1.30 bits per heavy atom. The number of aromatic nitrogens is 5. The third kappa shape index (κ3) is 3.73. The van der Waals surface area contributed by atoms with Crippen molar-refractivity contribution in [2.75, 3.05) is 31.1 Å². The number of nitrogens with one attached hydrogen (secondary N) is 2. The van der Waals surface area contributed by atoms with Crippen LogP contribution in [0.25, 0.3) is 22.4 Å². The summed E-state index contributed by atoms with van der Waals surface area (Å²) in [6.07, 6.45) is 7.31. The summed E-state index contributed by atoms with van der Waals surface area (Å²) >= 11 is 0. The SMILES string of the molecule is CC1(NCC2CCN(c3ncc(-c4ccc(-c5cn[nH]c5)cc4O)nn3)C2)CCO1. The summed E-state index contributed by atoms with van der Waals surface area (Å²) < 4.78 is 5.60. The maximum absolute atomic E-state index is 10.5. The van der Waals surface area contributed by atoms with E-state index < -0.39 is 0 Å². The molecule has 0 saturated carbocycles. The highest BCUT2D eigenvalue weighted by molar-refractivity contribution is 5.73. The molecule has 3 aromatic rings. The topological polar surface area (TPSA) is 112 Å². The van der Waals surface area contributed by atoms with Crippen LogP contribution in [0, 0.1) is 5.92 Å². The number of benzene rings is 1. The van der Waals surface area contributed by atoms with Crippen molar-refractivity contribution in [2.24, 2.45) is 5.92 Å². The number of aromatic amines is 1. The Kier molecular flexibility index (Phi) is 4.84. The molecule has 0 spiro atoms. The first-order chi connectivity index (χ1) is 14.6. The Morgan fingerprint density at radius 2 is 2.20 bits per heavy atom. The average molecular weight is 407 g/mol. The summed E-state index contributed by atoms with van der Waals surface area (Å²) in [7, 11) is 0. The van der Waals surface area contributed by atoms with Crippen LogP contribution in [0.2, 0.25) is 0 Å². The number of ether oxygens (including phenoxy) is 1. The first-order valence-corrected chi connectivity index (χ1v) is 10.3. The number of nitrogens with zero attached hydrogens (tertiary/aromatic N) is 5. The minimum Gasteiger partial charge on any atom is -0.507 e. The van der Waals surface area contributed by atoms with Crippen molar-refractivity contribution in [3.05, 3.63) is 36.8 Å². The fraction of sp³-hybridized carbons (Fsp3) is 0.429. The Balaban J connectivity index is 1.24. The molecule has 2 aliphatic heterocycles. The molecule has 9 nitrogen and oxygen atoms in total. The van der Waals surface area contributed by atoms with Gasteiger partial charge in [-0.1, -0.05) is 6.07 Å². The van der Waals surface area contributed by atoms with Gasteiger partial charge in [0.1, 0.15) is 17.2 Å². The zero-order valence-electron chi connectivity index (χ0n) is 16.9. The second-order valence-electron chi connectivity index (χ2n) is 8.17. The predicted octanol–water partition coefficient (Wildman–Crippen LogP) is 2.19. The number of phenols is 1. The summed E-state index contributed by atoms with van der Waals surface area (Å²) in [6.45, 7) is 5.68. The molecule has 5 rings (SSSR count). The summed E-state index contributed by atoms with van der Waals surface area (Å²) in [5, 5.41) is 29.3. The number of H-pyrrole nitrogens is 1. The molecule has 30 heavy (non-hydrogen) atoms. The molecule has 2 saturated heterocycles. The monoisotopic (exact) mass is 407 g/mol. The van der Waals surface area contributed by atoms with Gasteiger partial charge in [-0.15, -0.1) is 10.2 Å². The zero-order valence-corrected chi connectivity index (χ0v) is 16.9. The minimum absolute atomic E-state index is 0.136. The summed E-state index contributed by atoms with van der Waals surface area (Å²) in [5.41, 5.74) is 2.78. The predicted molar refractivity (Wildman–Crippen MR) is 112 cm³/mol. The highest BCUT2D eigenvalue weighted by atomic mass is 16.5. The summed E-state index contributed by atoms with van der Waals surface area (Å²) in [5.74, 6) is 1.30. The van der Waals surface area contributed by atoms with E-state index in [1.165, 1.54) is 0 Å². The molecular weight excluding hydrogens is 382 g/mol. The summed E-state index contributed by atoms with van der Waals surface area (Å²) in [6, 6.07) is 5.43. The Hall–Kier alpha value is -3.04. The van der Waals surface area contributed by atoms with Crippen molar-refractivity contribution in [2.45, 2.75) is 25.5 Å². The van der Waals surface area contributed by atoms with Crippen LogP contribution < -0.4 is 10.2 Å². The summed E-state index contributed by atoms with van der Waals surface area (Å²) in [4.78, 5) is 6.66. The number of hydrogen-bond donors (Lipinski definition) is 3. The van der Waals surface area contributed by atoms with Gasteiger partial charge >= 0.3 is 0 Å². The first-order valence-electron chi connectivity index (χ1n) is 10.3. The molecule has 1 aromatic carbocycles. The lowest BCUT2D eigenvalue weighted by atomic mass is 10.0. The van der Waals surface area contributed by atoms with E-state index in [-0.39, 0.29) is 11.5 Å². The second kappa shape index (κ2) is 7.66. The first kappa shape index (κ1) is 19.0. The van der Waals surface area contributed by atoms with Crippen molar-refractivity contribution < 1.29 is 9.84 Å². The number of phenolic OH excluding ortho intramolecular Hbond substituents is 1. The highest BCUT2D eigenvalue weighted by Gasteiger charge is 2.34. The van der Waals surface area contributed by atoms with Crippen LogP contribution in [0.1, 0.15) is 19.8 Å². The van der Waals surface area contributed by atoms with Crippen molar-refractivity contribution in [3.63, 3.8) is 0 Å². The van der Waals surface area contributed by atoms with Crippen LogP contribution in [0.15, 0.2) is 36.8 Å². The number of aromatic hydroxyl groups is 1. The van der Waals surface area contributed by atoms with E-state index in [0.717, 1.165) is 50.2 Å². The normalized spacial score (nSPS) is 23.5. The Bertz CT molecular complexity index is 1000. The molecule has 0 amide bonds. The fourth-order valence-corrected chi connectivity index (χ4v) is 3.96. The minimum atomic E-state index is -0.151. The van der Waals surface area contributed by atoms with Gasteiger partial charge in [0.25, 0.3) is 0 Å². The van der Waals surface area contributed by atoms with Crippen molar-refractivity contribution in [1.82, 2.24) is 30.7 Å². The average Bonchev–Trinajstić information content (AvgIpc) is 3.43. The van der Waals surface area contributed by atoms with Gasteiger partial charge in [-0.05, 0) is 37.0 Å². The molecule has 3 N–H and O–H groups in total. The highest BCUT2D eigenvalue weighted by Crippen LogP contribution is 2.32. The Morgan fingerprint density at radius 3 is 2.87 bits per heavy atom. The maximum atomic E-state index is 10.5. The van der Waals surface area contributed by atoms with Gasteiger partial charge in [0, 0.05) is 43.4 Å². The lowest BCUT2D eigenvalue weighted by Gasteiger charge is -2.40. The van der Waals surface area contributed by atoms with E-state index in [9.17, 15) is 5.11 Å². The molecule has 2 unspecified atom stereocenters. The number of rotatable bonds is 6. The van der Waals surface area contributed by atoms with Crippen molar-refractivity contribution >= 4 is 5.95 Å². The van der Waals surface area contributed by atoms with E-state index >= 15 is 0 Å². The fourth-order valence-electron chi connectivity index (χ4n) is 3.96. The van der Waals surface area contributed by atoms with Crippen LogP contribution in [0.3, 0.4) is 0 Å². The van der Waals surface area contributed by atoms with Crippen LogP contribution >= 0.6 is 0 Å². The Labute approximate surface area is 174 Å². The lowest BCUT2D eigenvalue weighted by Crippen LogP contribution is -2.54. The van der Waals surface area contributed by atoms with E-state index in [0.29, 0.717) is 23.1 Å². The lowest BCUT2D eigenvalue weighted by molar-refractivity contribution is -0.156. The standard InChI is InChI=1S/C21H25N7O2/c1-21(5-7-30-21)23-9-14-4-6-28(13-14)20-22-12-18(26-27-20)17-3-2-15(8-19(17)29)16-10-24-25-11-16/h2-3,8,10-12,14,23,29H,4-7,9,13H2,1H3,(H,24,25). The van der Waals surface area contributed by atoms with Gasteiger partial charge in [-0.3, -0.25) is 10.4 Å². The molecule has 0 radical (unpaired) electrons. The van der Waals surface area contributed by atoms with Crippen molar-refractivity contribution in [1.29, 1.82) is 0 Å². The van der Waals surface area contributed by atoms with Crippen LogP contribution in [0.4, 0.5) is 5.95 Å². The smallest absolute Gasteiger partial charge is 0.245 e. The molecule has 156 valence electrons. The van der Waals surface area contributed by atoms with Crippen LogP contribution in [-0.4, -0.2) is 62.5 Å². The molecule has 2 aliphatic rings. The van der Waals surface area contributed by atoms with Gasteiger partial charge in [0.05, 0.1) is 19.0 Å². The molecule has 2 fully saturated rings. The number of anilines is 1. The van der Waals surface area contributed by atoms with E-state index in [1.54, 1.807) is 24.7 Å². The largest absolute Gasteiger partial charge is 0.507 e. The second-order valence-corrected chi connectivity index (χ2v) is 8.17. The maximum Gasteiger partial charge on any atom is 0.245 e. The van der Waals surface area contributed by atoms with Gasteiger partial charge < -0.3 is 14.7 Å². The van der Waals surface area contributed by atoms with E-state index in [1.807, 2.05) is 12.1 Å². The molecule has 0 aliphatic carbocycles. The van der Waals surface area contributed by atoms with Crippen molar-refractivity contribution in [3.8, 4) is 28.1 Å². The van der Waals surface area contributed by atoms with Gasteiger partial charge in [-0.2, -0.15) is 5.10 Å². The van der Waals surface area contributed by atoms with Gasteiger partial charge in [0.2, 0.25) is 5.95 Å². The molecule has 0 bridgehead atoms. The number of hydrogen-bond acceptors (Lipinski definition) is 8. The third-order valence-electron chi connectivity index (χ3n) is 5.99. The molecule has 4 heterocycles. The van der Waals surface area contributed by atoms with E-state index in [4.69, 9.17) is 4.74 Å². The van der Waals surface area contributed by atoms with Gasteiger partial charge in [0.15, 0.2) is 0 Å².